The van der Waals surface area contributed by atoms with E-state index in [9.17, 15) is 4.79 Å². The number of hydrogen-bond acceptors (Lipinski definition) is 6. The second-order valence-corrected chi connectivity index (χ2v) is 6.08. The molecular formula is C14H20N2O3S. The molecule has 1 aromatic heterocycles. The summed E-state index contributed by atoms with van der Waals surface area (Å²) in [5, 5.41) is 5.47. The minimum Gasteiger partial charge on any atom is -0.464 e. The Hall–Kier alpha value is -0.950. The molecule has 0 radical (unpaired) electrons. The van der Waals surface area contributed by atoms with E-state index in [1.165, 1.54) is 4.88 Å². The van der Waals surface area contributed by atoms with E-state index in [2.05, 4.69) is 27.7 Å². The lowest BCUT2D eigenvalue weighted by atomic mass is 10.1. The molecule has 2 aliphatic heterocycles. The predicted molar refractivity (Wildman–Crippen MR) is 76.8 cm³/mol. The number of carbonyl (C=O) groups excluding carboxylic acids is 1. The fourth-order valence-electron chi connectivity index (χ4n) is 2.71. The number of thiophene rings is 1. The molecule has 0 saturated carbocycles. The smallest absolute Gasteiger partial charge is 0.323 e. The zero-order valence-corrected chi connectivity index (χ0v) is 12.2. The first kappa shape index (κ1) is 14.0. The zero-order chi connectivity index (χ0) is 13.8. The topological polar surface area (TPSA) is 50.8 Å². The van der Waals surface area contributed by atoms with Gasteiger partial charge in [-0.1, -0.05) is 6.07 Å². The van der Waals surface area contributed by atoms with Crippen molar-refractivity contribution in [3.8, 4) is 0 Å². The quantitative estimate of drug-likeness (QED) is 0.822. The van der Waals surface area contributed by atoms with Crippen molar-refractivity contribution in [2.45, 2.75) is 18.5 Å². The number of esters is 1. The Bertz CT molecular complexity index is 432. The SMILES string of the molecule is O=C1OCC[C@H]1NC[C@@H](c1cccs1)N1CCOCC1. The van der Waals surface area contributed by atoms with Gasteiger partial charge in [-0.15, -0.1) is 11.3 Å². The lowest BCUT2D eigenvalue weighted by Crippen LogP contribution is -2.45. The second-order valence-electron chi connectivity index (χ2n) is 5.10. The van der Waals surface area contributed by atoms with Crippen molar-refractivity contribution in [2.24, 2.45) is 0 Å². The first-order valence-corrected chi connectivity index (χ1v) is 7.98. The summed E-state index contributed by atoms with van der Waals surface area (Å²) in [5.41, 5.74) is 0. The largest absolute Gasteiger partial charge is 0.464 e. The Labute approximate surface area is 122 Å². The van der Waals surface area contributed by atoms with Gasteiger partial charge in [0.1, 0.15) is 6.04 Å². The van der Waals surface area contributed by atoms with Crippen molar-refractivity contribution < 1.29 is 14.3 Å². The van der Waals surface area contributed by atoms with Crippen molar-refractivity contribution in [3.05, 3.63) is 22.4 Å². The Balaban J connectivity index is 1.64. The van der Waals surface area contributed by atoms with E-state index in [-0.39, 0.29) is 12.0 Å². The van der Waals surface area contributed by atoms with Crippen molar-refractivity contribution in [3.63, 3.8) is 0 Å². The van der Waals surface area contributed by atoms with E-state index in [0.29, 0.717) is 12.6 Å². The van der Waals surface area contributed by atoms with Crippen LogP contribution in [0.3, 0.4) is 0 Å². The summed E-state index contributed by atoms with van der Waals surface area (Å²) in [6.45, 7) is 4.78. The van der Waals surface area contributed by atoms with Crippen LogP contribution < -0.4 is 5.32 Å². The summed E-state index contributed by atoms with van der Waals surface area (Å²) >= 11 is 1.77. The molecule has 1 aromatic rings. The highest BCUT2D eigenvalue weighted by molar-refractivity contribution is 7.10. The van der Waals surface area contributed by atoms with E-state index >= 15 is 0 Å². The first-order valence-electron chi connectivity index (χ1n) is 7.10. The van der Waals surface area contributed by atoms with Crippen LogP contribution in [0.25, 0.3) is 0 Å². The molecule has 0 spiro atoms. The van der Waals surface area contributed by atoms with E-state index in [0.717, 1.165) is 39.3 Å². The Morgan fingerprint density at radius 3 is 2.90 bits per heavy atom. The normalized spacial score (nSPS) is 25.6. The average molecular weight is 296 g/mol. The van der Waals surface area contributed by atoms with E-state index in [1.807, 2.05) is 0 Å². The lowest BCUT2D eigenvalue weighted by Gasteiger charge is -2.34. The number of ether oxygens (including phenoxy) is 2. The van der Waals surface area contributed by atoms with Gasteiger partial charge in [0.2, 0.25) is 0 Å². The van der Waals surface area contributed by atoms with Crippen molar-refractivity contribution in [1.82, 2.24) is 10.2 Å². The minimum absolute atomic E-state index is 0.114. The minimum atomic E-state index is -0.140. The van der Waals surface area contributed by atoms with Crippen LogP contribution in [0.15, 0.2) is 17.5 Å². The number of hydrogen-bond donors (Lipinski definition) is 1. The molecule has 0 amide bonds. The van der Waals surface area contributed by atoms with Crippen LogP contribution in [0, 0.1) is 0 Å². The van der Waals surface area contributed by atoms with E-state index in [4.69, 9.17) is 9.47 Å². The number of nitrogens with one attached hydrogen (secondary N) is 1. The fraction of sp³-hybridized carbons (Fsp3) is 0.643. The summed E-state index contributed by atoms with van der Waals surface area (Å²) in [6, 6.07) is 4.42. The molecule has 110 valence electrons. The number of nitrogens with zero attached hydrogens (tertiary/aromatic N) is 1. The molecule has 0 bridgehead atoms. The molecule has 5 nitrogen and oxygen atoms in total. The Morgan fingerprint density at radius 1 is 1.40 bits per heavy atom. The average Bonchev–Trinajstić information content (AvgIpc) is 3.13. The summed E-state index contributed by atoms with van der Waals surface area (Å²) in [6.07, 6.45) is 0.777. The van der Waals surface area contributed by atoms with Gasteiger partial charge in [0.15, 0.2) is 0 Å². The van der Waals surface area contributed by atoms with Gasteiger partial charge in [0, 0.05) is 30.9 Å². The highest BCUT2D eigenvalue weighted by Gasteiger charge is 2.29. The van der Waals surface area contributed by atoms with Crippen LogP contribution >= 0.6 is 11.3 Å². The van der Waals surface area contributed by atoms with Crippen LogP contribution in [-0.4, -0.2) is 56.4 Å². The van der Waals surface area contributed by atoms with Gasteiger partial charge in [0.25, 0.3) is 0 Å². The number of rotatable bonds is 5. The van der Waals surface area contributed by atoms with Gasteiger partial charge in [-0.25, -0.2) is 0 Å². The molecule has 0 unspecified atom stereocenters. The molecule has 2 atom stereocenters. The molecule has 3 heterocycles. The summed E-state index contributed by atoms with van der Waals surface area (Å²) in [4.78, 5) is 15.3. The number of morpholine rings is 1. The van der Waals surface area contributed by atoms with Gasteiger partial charge < -0.3 is 14.8 Å². The van der Waals surface area contributed by atoms with Crippen molar-refractivity contribution in [1.29, 1.82) is 0 Å². The van der Waals surface area contributed by atoms with Gasteiger partial charge in [-0.2, -0.15) is 0 Å². The molecule has 20 heavy (non-hydrogen) atoms. The Kier molecular flexibility index (Phi) is 4.67. The third-order valence-corrected chi connectivity index (χ3v) is 4.82. The Morgan fingerprint density at radius 2 is 2.25 bits per heavy atom. The molecule has 1 N–H and O–H groups in total. The second kappa shape index (κ2) is 6.67. The molecular weight excluding hydrogens is 276 g/mol. The van der Waals surface area contributed by atoms with Crippen LogP contribution in [0.2, 0.25) is 0 Å². The fourth-order valence-corrected chi connectivity index (χ4v) is 3.58. The van der Waals surface area contributed by atoms with E-state index < -0.39 is 0 Å². The van der Waals surface area contributed by atoms with Crippen LogP contribution in [-0.2, 0) is 14.3 Å². The number of cyclic esters (lactones) is 1. The maximum Gasteiger partial charge on any atom is 0.323 e. The molecule has 0 aliphatic carbocycles. The molecule has 3 rings (SSSR count). The van der Waals surface area contributed by atoms with Crippen LogP contribution in [0.4, 0.5) is 0 Å². The van der Waals surface area contributed by atoms with Gasteiger partial charge in [0.05, 0.1) is 25.9 Å². The monoisotopic (exact) mass is 296 g/mol. The third-order valence-electron chi connectivity index (χ3n) is 3.85. The van der Waals surface area contributed by atoms with Gasteiger partial charge in [-0.3, -0.25) is 9.69 Å². The first-order chi connectivity index (χ1) is 9.84. The molecule has 2 aliphatic rings. The molecule has 2 fully saturated rings. The summed E-state index contributed by atoms with van der Waals surface area (Å²) in [7, 11) is 0. The number of carbonyl (C=O) groups is 1. The summed E-state index contributed by atoms with van der Waals surface area (Å²) in [5.74, 6) is -0.114. The molecule has 6 heteroatoms. The van der Waals surface area contributed by atoms with Crippen LogP contribution in [0.5, 0.6) is 0 Å². The maximum atomic E-state index is 11.5. The van der Waals surface area contributed by atoms with Gasteiger partial charge in [-0.05, 0) is 11.4 Å². The van der Waals surface area contributed by atoms with Gasteiger partial charge >= 0.3 is 5.97 Å². The highest BCUT2D eigenvalue weighted by Crippen LogP contribution is 2.25. The third kappa shape index (κ3) is 3.20. The summed E-state index contributed by atoms with van der Waals surface area (Å²) < 4.78 is 10.4. The van der Waals surface area contributed by atoms with Crippen LogP contribution in [0.1, 0.15) is 17.3 Å². The maximum absolute atomic E-state index is 11.5. The zero-order valence-electron chi connectivity index (χ0n) is 11.4. The lowest BCUT2D eigenvalue weighted by molar-refractivity contribution is -0.139. The van der Waals surface area contributed by atoms with E-state index in [1.54, 1.807) is 11.3 Å². The predicted octanol–water partition coefficient (Wildman–Crippen LogP) is 1.03. The van der Waals surface area contributed by atoms with Crippen molar-refractivity contribution >= 4 is 17.3 Å². The molecule has 2 saturated heterocycles. The molecule has 0 aromatic carbocycles. The highest BCUT2D eigenvalue weighted by atomic mass is 32.1. The standard InChI is InChI=1S/C14H20N2O3S/c17-14-11(3-6-19-14)15-10-12(13-2-1-9-20-13)16-4-7-18-8-5-16/h1-2,9,11-12,15H,3-8,10H2/t11-,12+/m1/s1. The van der Waals surface area contributed by atoms with Crippen molar-refractivity contribution in [2.75, 3.05) is 39.5 Å².